The van der Waals surface area contributed by atoms with Crippen LogP contribution in [0.25, 0.3) is 0 Å². The quantitative estimate of drug-likeness (QED) is 0.211. The number of hydrogen-bond acceptors (Lipinski definition) is 6. The predicted molar refractivity (Wildman–Crippen MR) is 134 cm³/mol. The summed E-state index contributed by atoms with van der Waals surface area (Å²) in [6.07, 6.45) is 4.20. The second kappa shape index (κ2) is 11.7. The lowest BCUT2D eigenvalue weighted by Gasteiger charge is -2.24. The van der Waals surface area contributed by atoms with Crippen molar-refractivity contribution < 1.29 is 19.1 Å². The minimum Gasteiger partial charge on any atom is -0.465 e. The van der Waals surface area contributed by atoms with Crippen LogP contribution in [0.15, 0.2) is 22.8 Å². The van der Waals surface area contributed by atoms with Gasteiger partial charge in [0.15, 0.2) is 5.41 Å². The molecule has 1 aliphatic heterocycles. The van der Waals surface area contributed by atoms with Crippen LogP contribution in [0.5, 0.6) is 0 Å². The highest BCUT2D eigenvalue weighted by molar-refractivity contribution is 6.81. The number of ether oxygens (including phenoxy) is 2. The molecule has 2 aliphatic rings. The highest BCUT2D eigenvalue weighted by Crippen LogP contribution is 2.48. The van der Waals surface area contributed by atoms with Gasteiger partial charge in [-0.2, -0.15) is 0 Å². The van der Waals surface area contributed by atoms with E-state index >= 15 is 0 Å². The standard InChI is InChI=1S/C24H43BN2O4Si/c1-8-10-14-30-22(28)24(23(29)31-15-11-9-2)16-20(21(17-24)19-32(5,6)7)18-25-26(3)12-13-27(25)4/h18-19H,8-17H2,1-7H3. The average molecular weight is 463 g/mol. The van der Waals surface area contributed by atoms with Crippen molar-refractivity contribution in [3.63, 3.8) is 0 Å². The molecule has 0 spiro atoms. The molecule has 180 valence electrons. The summed E-state index contributed by atoms with van der Waals surface area (Å²) in [7, 11) is 2.65. The molecule has 0 bridgehead atoms. The molecule has 1 saturated heterocycles. The highest BCUT2D eigenvalue weighted by Gasteiger charge is 2.54. The van der Waals surface area contributed by atoms with Crippen LogP contribution in [-0.4, -0.2) is 77.0 Å². The fourth-order valence-electron chi connectivity index (χ4n) is 4.39. The molecule has 1 saturated carbocycles. The van der Waals surface area contributed by atoms with E-state index in [4.69, 9.17) is 9.47 Å². The van der Waals surface area contributed by atoms with Gasteiger partial charge in [0.1, 0.15) is 0 Å². The van der Waals surface area contributed by atoms with Crippen LogP contribution in [0.3, 0.4) is 0 Å². The Kier molecular flexibility index (Phi) is 9.79. The van der Waals surface area contributed by atoms with Gasteiger partial charge >= 0.3 is 18.9 Å². The van der Waals surface area contributed by atoms with Crippen LogP contribution in [0.4, 0.5) is 0 Å². The zero-order valence-corrected chi connectivity index (χ0v) is 22.3. The lowest BCUT2D eigenvalue weighted by atomic mass is 9.71. The van der Waals surface area contributed by atoms with E-state index in [0.29, 0.717) is 26.1 Å². The number of hydrogen-bond donors (Lipinski definition) is 0. The number of esters is 2. The van der Waals surface area contributed by atoms with Gasteiger partial charge in [0.25, 0.3) is 0 Å². The number of likely N-dealkylation sites (N-methyl/N-ethyl adjacent to an activating group) is 2. The van der Waals surface area contributed by atoms with Crippen molar-refractivity contribution in [1.82, 2.24) is 9.62 Å². The second-order valence-corrected chi connectivity index (χ2v) is 15.5. The summed E-state index contributed by atoms with van der Waals surface area (Å²) in [6, 6.07) is 0. The van der Waals surface area contributed by atoms with E-state index in [0.717, 1.165) is 49.9 Å². The summed E-state index contributed by atoms with van der Waals surface area (Å²) in [4.78, 5) is 31.3. The van der Waals surface area contributed by atoms with Crippen molar-refractivity contribution >= 4 is 27.0 Å². The molecular formula is C24H43BN2O4Si. The van der Waals surface area contributed by atoms with Gasteiger partial charge < -0.3 is 19.1 Å². The number of carbonyl (C=O) groups is 2. The molecular weight excluding hydrogens is 419 g/mol. The van der Waals surface area contributed by atoms with Gasteiger partial charge in [0, 0.05) is 13.1 Å². The Morgan fingerprint density at radius 3 is 1.84 bits per heavy atom. The average Bonchev–Trinajstić information content (AvgIpc) is 3.23. The Morgan fingerprint density at radius 1 is 0.938 bits per heavy atom. The molecule has 0 N–H and O–H groups in total. The third-order valence-corrected chi connectivity index (χ3v) is 7.52. The second-order valence-electron chi connectivity index (χ2n) is 10.5. The monoisotopic (exact) mass is 462 g/mol. The number of unbranched alkanes of at least 4 members (excludes halogenated alkanes) is 2. The number of rotatable bonds is 10. The molecule has 6 nitrogen and oxygen atoms in total. The fraction of sp³-hybridized carbons (Fsp3) is 0.750. The van der Waals surface area contributed by atoms with Crippen molar-refractivity contribution in [2.24, 2.45) is 5.41 Å². The first-order chi connectivity index (χ1) is 15.0. The first-order valence-corrected chi connectivity index (χ1v) is 15.8. The molecule has 1 aliphatic carbocycles. The van der Waals surface area contributed by atoms with E-state index in [1.165, 1.54) is 0 Å². The van der Waals surface area contributed by atoms with Crippen LogP contribution >= 0.6 is 0 Å². The topological polar surface area (TPSA) is 59.1 Å². The molecule has 0 atom stereocenters. The maximum absolute atomic E-state index is 13.4. The van der Waals surface area contributed by atoms with Crippen molar-refractivity contribution in [2.45, 2.75) is 72.0 Å². The largest absolute Gasteiger partial charge is 0.465 e. The summed E-state index contributed by atoms with van der Waals surface area (Å²) in [5.74, 6) is 1.40. The number of carbonyl (C=O) groups excluding carboxylic acids is 2. The molecule has 8 heteroatoms. The third-order valence-electron chi connectivity index (χ3n) is 6.31. The predicted octanol–water partition coefficient (Wildman–Crippen LogP) is 4.09. The lowest BCUT2D eigenvalue weighted by Crippen LogP contribution is -2.40. The molecule has 2 fully saturated rings. The minimum atomic E-state index is -1.58. The van der Waals surface area contributed by atoms with Crippen molar-refractivity contribution in [3.8, 4) is 0 Å². The van der Waals surface area contributed by atoms with E-state index < -0.39 is 25.4 Å². The molecule has 1 heterocycles. The Hall–Kier alpha value is -1.38. The van der Waals surface area contributed by atoms with E-state index in [-0.39, 0.29) is 6.98 Å². The maximum Gasteiger partial charge on any atom is 0.338 e. The van der Waals surface area contributed by atoms with Crippen LogP contribution in [0.1, 0.15) is 52.4 Å². The molecule has 2 rings (SSSR count). The Morgan fingerprint density at radius 2 is 1.41 bits per heavy atom. The lowest BCUT2D eigenvalue weighted by molar-refractivity contribution is -0.171. The van der Waals surface area contributed by atoms with Gasteiger partial charge in [-0.3, -0.25) is 9.59 Å². The summed E-state index contributed by atoms with van der Waals surface area (Å²) in [5, 5.41) is 0. The third kappa shape index (κ3) is 6.81. The van der Waals surface area contributed by atoms with Gasteiger partial charge in [0.2, 0.25) is 0 Å². The normalized spacial score (nSPS) is 22.2. The smallest absolute Gasteiger partial charge is 0.338 e. The first kappa shape index (κ1) is 26.9. The van der Waals surface area contributed by atoms with Crippen molar-refractivity contribution in [3.05, 3.63) is 22.8 Å². The summed E-state index contributed by atoms with van der Waals surface area (Å²) in [5.41, 5.74) is 3.29. The molecule has 0 amide bonds. The van der Waals surface area contributed by atoms with Gasteiger partial charge in [0.05, 0.1) is 21.3 Å². The van der Waals surface area contributed by atoms with Crippen LogP contribution in [-0.2, 0) is 19.1 Å². The van der Waals surface area contributed by atoms with Crippen LogP contribution in [0.2, 0.25) is 19.6 Å². The van der Waals surface area contributed by atoms with Crippen molar-refractivity contribution in [1.29, 1.82) is 0 Å². The fourth-order valence-corrected chi connectivity index (χ4v) is 5.72. The Balaban J connectivity index is 2.44. The maximum atomic E-state index is 13.4. The molecule has 32 heavy (non-hydrogen) atoms. The number of nitrogens with zero attached hydrogens (tertiary/aromatic N) is 2. The highest BCUT2D eigenvalue weighted by atomic mass is 28.3. The van der Waals surface area contributed by atoms with Crippen LogP contribution < -0.4 is 0 Å². The molecule has 0 radical (unpaired) electrons. The van der Waals surface area contributed by atoms with Gasteiger partial charge in [-0.1, -0.05) is 69.2 Å². The van der Waals surface area contributed by atoms with E-state index in [9.17, 15) is 9.59 Å². The Labute approximate surface area is 196 Å². The molecule has 0 unspecified atom stereocenters. The molecule has 0 aromatic carbocycles. The first-order valence-electron chi connectivity index (χ1n) is 12.2. The van der Waals surface area contributed by atoms with Crippen molar-refractivity contribution in [2.75, 3.05) is 40.4 Å². The van der Waals surface area contributed by atoms with E-state index in [1.54, 1.807) is 0 Å². The summed E-state index contributed by atoms with van der Waals surface area (Å²) in [6.45, 7) is 13.8. The molecule has 0 aromatic heterocycles. The minimum absolute atomic E-state index is 0.165. The SMILES string of the molecule is CCCCOC(=O)C1(C(=O)OCCCC)CC(=CB2N(C)CCN2C)C(=C[Si](C)(C)C)C1. The number of allylic oxidation sites excluding steroid dienone is 2. The summed E-state index contributed by atoms with van der Waals surface area (Å²) >= 11 is 0. The van der Waals surface area contributed by atoms with E-state index in [2.05, 4.69) is 68.9 Å². The zero-order chi connectivity index (χ0) is 23.9. The van der Waals surface area contributed by atoms with E-state index in [1.807, 2.05) is 0 Å². The van der Waals surface area contributed by atoms with Gasteiger partial charge in [-0.25, -0.2) is 0 Å². The zero-order valence-electron chi connectivity index (χ0n) is 21.3. The Bertz CT molecular complexity index is 700. The van der Waals surface area contributed by atoms with Crippen LogP contribution in [0, 0.1) is 5.41 Å². The molecule has 0 aromatic rings. The summed E-state index contributed by atoms with van der Waals surface area (Å²) < 4.78 is 11.3. The van der Waals surface area contributed by atoms with Gasteiger partial charge in [-0.15, -0.1) is 0 Å². The van der Waals surface area contributed by atoms with Gasteiger partial charge in [-0.05, 0) is 39.8 Å².